The van der Waals surface area contributed by atoms with E-state index in [0.717, 1.165) is 5.56 Å². The van der Waals surface area contributed by atoms with Crippen LogP contribution in [0.2, 0.25) is 5.02 Å². The zero-order valence-electron chi connectivity index (χ0n) is 18.8. The topological polar surface area (TPSA) is 113 Å². The highest BCUT2D eigenvalue weighted by atomic mass is 35.5. The van der Waals surface area contributed by atoms with E-state index in [2.05, 4.69) is 10.3 Å². The predicted octanol–water partition coefficient (Wildman–Crippen LogP) is 6.07. The molecule has 176 valence electrons. The van der Waals surface area contributed by atoms with Gasteiger partial charge in [0.15, 0.2) is 5.89 Å². The van der Waals surface area contributed by atoms with Crippen LogP contribution in [0.1, 0.15) is 50.3 Å². The third-order valence-electron chi connectivity index (χ3n) is 5.93. The Labute approximate surface area is 198 Å². The lowest BCUT2D eigenvalue weighted by atomic mass is 9.92. The SMILES string of the molecule is CCC(CC)(c1ccc(NC(=O)CCc2oc(C)nc2-c2ccc(Cl)cc2)cc1)P(=O)(O)O. The normalized spacial score (nSPS) is 12.1. The van der Waals surface area contributed by atoms with E-state index in [4.69, 9.17) is 16.0 Å². The van der Waals surface area contributed by atoms with Gasteiger partial charge in [0, 0.05) is 36.0 Å². The number of hydrogen-bond donors (Lipinski definition) is 3. The molecule has 33 heavy (non-hydrogen) atoms. The number of amides is 1. The predicted molar refractivity (Wildman–Crippen MR) is 129 cm³/mol. The van der Waals surface area contributed by atoms with Gasteiger partial charge in [-0.05, 0) is 42.7 Å². The summed E-state index contributed by atoms with van der Waals surface area (Å²) in [6, 6.07) is 13.9. The van der Waals surface area contributed by atoms with Crippen LogP contribution < -0.4 is 5.32 Å². The van der Waals surface area contributed by atoms with Crippen LogP contribution >= 0.6 is 19.2 Å². The van der Waals surface area contributed by atoms with Gasteiger partial charge < -0.3 is 19.5 Å². The summed E-state index contributed by atoms with van der Waals surface area (Å²) >= 11 is 5.96. The number of nitrogens with one attached hydrogen (secondary N) is 1. The Morgan fingerprint density at radius 3 is 2.24 bits per heavy atom. The molecule has 0 bridgehead atoms. The molecule has 1 aromatic heterocycles. The van der Waals surface area contributed by atoms with Crippen molar-refractivity contribution in [2.45, 2.75) is 51.6 Å². The van der Waals surface area contributed by atoms with Crippen molar-refractivity contribution in [1.82, 2.24) is 4.98 Å². The lowest BCUT2D eigenvalue weighted by Crippen LogP contribution is -2.24. The van der Waals surface area contributed by atoms with Crippen molar-refractivity contribution in [3.63, 3.8) is 0 Å². The molecular formula is C24H28ClN2O5P. The van der Waals surface area contributed by atoms with E-state index in [9.17, 15) is 19.1 Å². The van der Waals surface area contributed by atoms with Crippen molar-refractivity contribution in [3.8, 4) is 11.3 Å². The standard InChI is InChI=1S/C24H28ClN2O5P/c1-4-24(5-2,33(29,30)31)18-8-12-20(13-9-18)27-22(28)15-14-21-23(26-16(3)32-21)17-6-10-19(25)11-7-17/h6-13H,4-5,14-15H2,1-3H3,(H,27,28)(H2,29,30,31). The molecule has 9 heteroatoms. The fourth-order valence-electron chi connectivity index (χ4n) is 4.02. The largest absolute Gasteiger partial charge is 0.445 e. The first-order chi connectivity index (χ1) is 15.6. The van der Waals surface area contributed by atoms with Gasteiger partial charge in [0.2, 0.25) is 5.91 Å². The maximum atomic E-state index is 12.5. The number of aromatic nitrogens is 1. The van der Waals surface area contributed by atoms with Crippen molar-refractivity contribution in [2.24, 2.45) is 0 Å². The molecule has 0 unspecified atom stereocenters. The number of nitrogens with zero attached hydrogens (tertiary/aromatic N) is 1. The van der Waals surface area contributed by atoms with Crippen LogP contribution in [0.4, 0.5) is 5.69 Å². The Morgan fingerprint density at radius 2 is 1.70 bits per heavy atom. The zero-order chi connectivity index (χ0) is 24.2. The highest BCUT2D eigenvalue weighted by Gasteiger charge is 2.45. The number of hydrogen-bond acceptors (Lipinski definition) is 4. The average Bonchev–Trinajstić information content (AvgIpc) is 3.14. The van der Waals surface area contributed by atoms with Crippen LogP contribution in [0, 0.1) is 6.92 Å². The van der Waals surface area contributed by atoms with Gasteiger partial charge >= 0.3 is 7.60 Å². The minimum absolute atomic E-state index is 0.188. The van der Waals surface area contributed by atoms with Crippen LogP contribution in [0.25, 0.3) is 11.3 Å². The molecule has 0 aliphatic carbocycles. The summed E-state index contributed by atoms with van der Waals surface area (Å²) in [7, 11) is -4.36. The molecule has 0 radical (unpaired) electrons. The molecule has 0 saturated carbocycles. The molecule has 0 saturated heterocycles. The monoisotopic (exact) mass is 490 g/mol. The highest BCUT2D eigenvalue weighted by molar-refractivity contribution is 7.53. The van der Waals surface area contributed by atoms with E-state index >= 15 is 0 Å². The smallest absolute Gasteiger partial charge is 0.335 e. The molecule has 0 aliphatic rings. The number of anilines is 1. The van der Waals surface area contributed by atoms with Crippen molar-refractivity contribution < 1.29 is 23.6 Å². The molecule has 1 heterocycles. The van der Waals surface area contributed by atoms with Gasteiger partial charge in [-0.2, -0.15) is 0 Å². The van der Waals surface area contributed by atoms with Gasteiger partial charge in [-0.25, -0.2) is 4.98 Å². The van der Waals surface area contributed by atoms with E-state index in [0.29, 0.717) is 52.9 Å². The molecule has 0 fully saturated rings. The second-order valence-electron chi connectivity index (χ2n) is 7.92. The summed E-state index contributed by atoms with van der Waals surface area (Å²) in [6.45, 7) is 5.29. The fraction of sp³-hybridized carbons (Fsp3) is 0.333. The quantitative estimate of drug-likeness (QED) is 0.314. The van der Waals surface area contributed by atoms with Crippen molar-refractivity contribution in [3.05, 3.63) is 70.8 Å². The highest BCUT2D eigenvalue weighted by Crippen LogP contribution is 2.60. The molecule has 3 aromatic rings. The molecular weight excluding hydrogens is 463 g/mol. The molecule has 0 spiro atoms. The van der Waals surface area contributed by atoms with E-state index in [1.54, 1.807) is 57.2 Å². The lowest BCUT2D eigenvalue weighted by molar-refractivity contribution is -0.116. The first-order valence-electron chi connectivity index (χ1n) is 10.8. The van der Waals surface area contributed by atoms with Crippen molar-refractivity contribution >= 4 is 30.8 Å². The third kappa shape index (κ3) is 5.56. The maximum Gasteiger partial charge on any atom is 0.335 e. The molecule has 7 nitrogen and oxygen atoms in total. The lowest BCUT2D eigenvalue weighted by Gasteiger charge is -2.33. The number of rotatable bonds is 9. The van der Waals surface area contributed by atoms with Crippen molar-refractivity contribution in [2.75, 3.05) is 5.32 Å². The summed E-state index contributed by atoms with van der Waals surface area (Å²) in [5.41, 5.74) is 2.67. The van der Waals surface area contributed by atoms with Crippen LogP contribution in [0.5, 0.6) is 0 Å². The zero-order valence-corrected chi connectivity index (χ0v) is 20.5. The third-order valence-corrected chi connectivity index (χ3v) is 8.19. The van der Waals surface area contributed by atoms with Gasteiger partial charge in [-0.3, -0.25) is 9.36 Å². The molecule has 0 aliphatic heterocycles. The second kappa shape index (κ2) is 10.2. The minimum Gasteiger partial charge on any atom is -0.445 e. The maximum absolute atomic E-state index is 12.5. The number of benzene rings is 2. The van der Waals surface area contributed by atoms with Gasteiger partial charge in [0.1, 0.15) is 11.5 Å². The summed E-state index contributed by atoms with van der Waals surface area (Å²) < 4.78 is 17.9. The van der Waals surface area contributed by atoms with Gasteiger partial charge in [0.05, 0.1) is 5.16 Å². The van der Waals surface area contributed by atoms with Gasteiger partial charge in [-0.1, -0.05) is 49.7 Å². The summed E-state index contributed by atoms with van der Waals surface area (Å²) in [6.07, 6.45) is 1.18. The summed E-state index contributed by atoms with van der Waals surface area (Å²) in [5.74, 6) is 0.940. The van der Waals surface area contributed by atoms with Crippen molar-refractivity contribution in [1.29, 1.82) is 0 Å². The Morgan fingerprint density at radius 1 is 1.09 bits per heavy atom. The number of aryl methyl sites for hydroxylation is 2. The van der Waals surface area contributed by atoms with Gasteiger partial charge in [-0.15, -0.1) is 0 Å². The Balaban J connectivity index is 1.68. The van der Waals surface area contributed by atoms with E-state index in [-0.39, 0.29) is 12.3 Å². The molecule has 0 atom stereocenters. The summed E-state index contributed by atoms with van der Waals surface area (Å²) in [5, 5.41) is 2.23. The number of oxazole rings is 1. The Hall–Kier alpha value is -2.44. The van der Waals surface area contributed by atoms with E-state index in [1.165, 1.54) is 0 Å². The first kappa shape index (κ1) is 25.2. The van der Waals surface area contributed by atoms with Crippen LogP contribution in [0.15, 0.2) is 52.9 Å². The van der Waals surface area contributed by atoms with E-state index in [1.807, 2.05) is 12.1 Å². The minimum atomic E-state index is -4.36. The molecule has 3 N–H and O–H groups in total. The Kier molecular flexibility index (Phi) is 7.80. The van der Waals surface area contributed by atoms with Gasteiger partial charge in [0.25, 0.3) is 0 Å². The summed E-state index contributed by atoms with van der Waals surface area (Å²) in [4.78, 5) is 36.8. The number of carbonyl (C=O) groups is 1. The number of carbonyl (C=O) groups excluding carboxylic acids is 1. The van der Waals surface area contributed by atoms with E-state index < -0.39 is 12.8 Å². The second-order valence-corrected chi connectivity index (χ2v) is 10.3. The number of halogens is 1. The molecule has 3 rings (SSSR count). The average molecular weight is 491 g/mol. The van der Waals surface area contributed by atoms with Crippen LogP contribution in [-0.2, 0) is 20.9 Å². The Bertz CT molecular complexity index is 1150. The van der Waals surface area contributed by atoms with Crippen LogP contribution in [-0.4, -0.2) is 20.7 Å². The fourth-order valence-corrected chi connectivity index (χ4v) is 5.46. The molecule has 2 aromatic carbocycles. The first-order valence-corrected chi connectivity index (χ1v) is 12.8. The van der Waals surface area contributed by atoms with Crippen LogP contribution in [0.3, 0.4) is 0 Å². The molecule has 1 amide bonds.